The van der Waals surface area contributed by atoms with E-state index in [9.17, 15) is 9.59 Å². The van der Waals surface area contributed by atoms with E-state index in [0.29, 0.717) is 5.65 Å². The molecule has 2 aromatic heterocycles. The minimum atomic E-state index is -0.349. The first-order chi connectivity index (χ1) is 15.6. The molecule has 158 valence electrons. The van der Waals surface area contributed by atoms with Gasteiger partial charge in [0.1, 0.15) is 19.2 Å². The summed E-state index contributed by atoms with van der Waals surface area (Å²) in [6.07, 6.45) is 2.96. The van der Waals surface area contributed by atoms with E-state index >= 15 is 0 Å². The van der Waals surface area contributed by atoms with Crippen LogP contribution in [0.15, 0.2) is 90.2 Å². The van der Waals surface area contributed by atoms with Gasteiger partial charge in [-0.1, -0.05) is 54.6 Å². The number of benzene rings is 3. The summed E-state index contributed by atoms with van der Waals surface area (Å²) in [6.45, 7) is 1.80. The van der Waals surface area contributed by atoms with Gasteiger partial charge < -0.3 is 5.32 Å². The summed E-state index contributed by atoms with van der Waals surface area (Å²) in [7, 11) is 0. The number of nitrogens with one attached hydrogen (secondary N) is 1. The first kappa shape index (κ1) is 19.7. The summed E-state index contributed by atoms with van der Waals surface area (Å²) in [6, 6.07) is 23.6. The fraction of sp³-hybridized carbons (Fsp3) is 0.120. The number of aromatic nitrogens is 4. The summed E-state index contributed by atoms with van der Waals surface area (Å²) >= 11 is 0. The van der Waals surface area contributed by atoms with Crippen molar-refractivity contribution >= 4 is 27.8 Å². The molecule has 0 fully saturated rings. The third kappa shape index (κ3) is 3.65. The molecule has 0 aliphatic carbocycles. The highest BCUT2D eigenvalue weighted by Gasteiger charge is 2.15. The zero-order valence-corrected chi connectivity index (χ0v) is 17.5. The van der Waals surface area contributed by atoms with E-state index in [0.717, 1.165) is 22.0 Å². The molecule has 5 aromatic rings. The van der Waals surface area contributed by atoms with E-state index in [-0.39, 0.29) is 29.6 Å². The number of hydrogen-bond acceptors (Lipinski definition) is 4. The molecular formula is C25H21N5O2. The van der Waals surface area contributed by atoms with Crippen LogP contribution in [0.3, 0.4) is 0 Å². The van der Waals surface area contributed by atoms with E-state index in [1.165, 1.54) is 10.9 Å². The highest BCUT2D eigenvalue weighted by Crippen LogP contribution is 2.20. The van der Waals surface area contributed by atoms with Gasteiger partial charge >= 0.3 is 0 Å². The van der Waals surface area contributed by atoms with Gasteiger partial charge in [0.05, 0.1) is 6.04 Å². The van der Waals surface area contributed by atoms with E-state index in [1.54, 1.807) is 10.9 Å². The summed E-state index contributed by atoms with van der Waals surface area (Å²) < 4.78 is 3.04. The van der Waals surface area contributed by atoms with Crippen molar-refractivity contribution < 1.29 is 4.79 Å². The smallest absolute Gasteiger partial charge is 0.282 e. The van der Waals surface area contributed by atoms with Gasteiger partial charge in [-0.2, -0.15) is 0 Å². The molecule has 0 radical (unpaired) electrons. The van der Waals surface area contributed by atoms with Crippen LogP contribution in [-0.4, -0.2) is 25.0 Å². The van der Waals surface area contributed by atoms with Crippen molar-refractivity contribution in [2.75, 3.05) is 0 Å². The second kappa shape index (κ2) is 8.11. The van der Waals surface area contributed by atoms with Crippen LogP contribution in [0.25, 0.3) is 27.6 Å². The van der Waals surface area contributed by atoms with Gasteiger partial charge in [-0.15, -0.1) is 0 Å². The maximum Gasteiger partial charge on any atom is 0.282 e. The Morgan fingerprint density at radius 2 is 1.69 bits per heavy atom. The number of imidazole rings is 1. The Balaban J connectivity index is 1.35. The third-order valence-corrected chi connectivity index (χ3v) is 5.52. The zero-order chi connectivity index (χ0) is 22.1. The van der Waals surface area contributed by atoms with E-state index in [2.05, 4.69) is 27.4 Å². The number of rotatable bonds is 5. The van der Waals surface area contributed by atoms with Crippen LogP contribution >= 0.6 is 0 Å². The van der Waals surface area contributed by atoms with Crippen LogP contribution in [0.5, 0.6) is 0 Å². The minimum Gasteiger partial charge on any atom is -0.348 e. The molecule has 7 heteroatoms. The number of amides is 1. The van der Waals surface area contributed by atoms with Crippen LogP contribution in [0.1, 0.15) is 18.5 Å². The lowest BCUT2D eigenvalue weighted by molar-refractivity contribution is -0.122. The lowest BCUT2D eigenvalue weighted by Crippen LogP contribution is -2.34. The molecule has 2 heterocycles. The minimum absolute atomic E-state index is 0.127. The second-order valence-corrected chi connectivity index (χ2v) is 7.70. The Morgan fingerprint density at radius 3 is 2.50 bits per heavy atom. The molecule has 1 N–H and O–H groups in total. The maximum atomic E-state index is 12.9. The number of hydrogen-bond donors (Lipinski definition) is 1. The van der Waals surface area contributed by atoms with Crippen molar-refractivity contribution in [2.45, 2.75) is 19.5 Å². The molecule has 0 aliphatic rings. The van der Waals surface area contributed by atoms with E-state index < -0.39 is 0 Å². The molecule has 3 aromatic carbocycles. The molecule has 7 nitrogen and oxygen atoms in total. The fourth-order valence-corrected chi connectivity index (χ4v) is 3.82. The lowest BCUT2D eigenvalue weighted by atomic mass is 10.0. The van der Waals surface area contributed by atoms with Crippen molar-refractivity contribution in [1.29, 1.82) is 0 Å². The number of carbonyl (C=O) groups is 1. The van der Waals surface area contributed by atoms with Crippen LogP contribution in [-0.2, 0) is 11.3 Å². The van der Waals surface area contributed by atoms with Gasteiger partial charge in [0.2, 0.25) is 5.91 Å². The fourth-order valence-electron chi connectivity index (χ4n) is 3.82. The Morgan fingerprint density at radius 1 is 0.938 bits per heavy atom. The monoisotopic (exact) mass is 423 g/mol. The Bertz CT molecular complexity index is 1490. The summed E-state index contributed by atoms with van der Waals surface area (Å²) in [4.78, 5) is 34.2. The normalized spacial score (nSPS) is 12.2. The lowest BCUT2D eigenvalue weighted by Gasteiger charge is -2.15. The largest absolute Gasteiger partial charge is 0.348 e. The summed E-state index contributed by atoms with van der Waals surface area (Å²) in [5.74, 6) is -0.267. The van der Waals surface area contributed by atoms with Crippen molar-refractivity contribution in [1.82, 2.24) is 24.4 Å². The second-order valence-electron chi connectivity index (χ2n) is 7.70. The Labute approximate surface area is 184 Å². The number of carbonyl (C=O) groups excluding carboxylic acids is 1. The number of para-hydroxylation sites is 1. The predicted octanol–water partition coefficient (Wildman–Crippen LogP) is 3.61. The van der Waals surface area contributed by atoms with E-state index in [1.807, 2.05) is 67.6 Å². The van der Waals surface area contributed by atoms with Crippen molar-refractivity contribution in [3.63, 3.8) is 0 Å². The highest BCUT2D eigenvalue weighted by atomic mass is 16.2. The first-order valence-electron chi connectivity index (χ1n) is 10.4. The van der Waals surface area contributed by atoms with Crippen LogP contribution in [0.2, 0.25) is 0 Å². The molecule has 0 saturated carbocycles. The van der Waals surface area contributed by atoms with Crippen molar-refractivity contribution in [3.8, 4) is 5.69 Å². The van der Waals surface area contributed by atoms with Gasteiger partial charge in [-0.25, -0.2) is 9.97 Å². The molecule has 0 spiro atoms. The standard InChI is InChI=1S/C25H21N5O2/c1-17(19-12-11-18-7-5-6-8-20(18)13-19)28-22(31)14-29-15-27-24-23(25(29)32)26-16-30(24)21-9-3-2-4-10-21/h2-13,15-17H,14H2,1H3,(H,28,31). The first-order valence-corrected chi connectivity index (χ1v) is 10.4. The molecule has 1 atom stereocenters. The predicted molar refractivity (Wildman–Crippen MR) is 124 cm³/mol. The number of fused-ring (bicyclic) bond motifs is 2. The van der Waals surface area contributed by atoms with E-state index in [4.69, 9.17) is 0 Å². The Kier molecular flexibility index (Phi) is 4.99. The maximum absolute atomic E-state index is 12.9. The van der Waals surface area contributed by atoms with Crippen molar-refractivity contribution in [2.24, 2.45) is 0 Å². The molecule has 1 unspecified atom stereocenters. The SMILES string of the molecule is CC(NC(=O)Cn1cnc2c(ncn2-c2ccccc2)c1=O)c1ccc2ccccc2c1. The highest BCUT2D eigenvalue weighted by molar-refractivity contribution is 5.83. The average molecular weight is 423 g/mol. The number of nitrogens with zero attached hydrogens (tertiary/aromatic N) is 4. The van der Waals surface area contributed by atoms with Crippen molar-refractivity contribution in [3.05, 3.63) is 101 Å². The molecule has 0 aliphatic heterocycles. The molecular weight excluding hydrogens is 402 g/mol. The molecule has 0 saturated heterocycles. The topological polar surface area (TPSA) is 81.8 Å². The van der Waals surface area contributed by atoms with Gasteiger partial charge in [0.25, 0.3) is 5.56 Å². The van der Waals surface area contributed by atoms with Gasteiger partial charge in [0.15, 0.2) is 11.2 Å². The quantitative estimate of drug-likeness (QED) is 0.468. The van der Waals surface area contributed by atoms with Gasteiger partial charge in [-0.05, 0) is 41.5 Å². The van der Waals surface area contributed by atoms with Gasteiger partial charge in [-0.3, -0.25) is 18.7 Å². The third-order valence-electron chi connectivity index (χ3n) is 5.52. The summed E-state index contributed by atoms with van der Waals surface area (Å²) in [5, 5.41) is 5.23. The zero-order valence-electron chi connectivity index (χ0n) is 17.5. The Hall–Kier alpha value is -4.26. The van der Waals surface area contributed by atoms with Crippen LogP contribution in [0.4, 0.5) is 0 Å². The molecule has 0 bridgehead atoms. The molecule has 32 heavy (non-hydrogen) atoms. The average Bonchev–Trinajstić information content (AvgIpc) is 3.26. The van der Waals surface area contributed by atoms with Crippen LogP contribution in [0, 0.1) is 0 Å². The summed E-state index contributed by atoms with van der Waals surface area (Å²) in [5.41, 5.74) is 2.20. The molecule has 5 rings (SSSR count). The molecule has 1 amide bonds. The van der Waals surface area contributed by atoms with Gasteiger partial charge in [0, 0.05) is 5.69 Å². The van der Waals surface area contributed by atoms with Crippen LogP contribution < -0.4 is 10.9 Å².